The fourth-order valence-corrected chi connectivity index (χ4v) is 2.22. The van der Waals surface area contributed by atoms with E-state index in [0.29, 0.717) is 26.2 Å². The number of nitrogens with zero attached hydrogens (tertiary/aromatic N) is 3. The highest BCUT2D eigenvalue weighted by molar-refractivity contribution is 5.94. The van der Waals surface area contributed by atoms with Crippen molar-refractivity contribution in [2.24, 2.45) is 0 Å². The Bertz CT molecular complexity index is 603. The van der Waals surface area contributed by atoms with Crippen molar-refractivity contribution in [3.8, 4) is 0 Å². The standard InChI is InChI=1S/C14H15N3O5/c18-13(5-6-14(19)20)16-9-7-15(8-10-16)11-1-3-12(4-2-11)17(21)22/h1-6H,7-10H2,(H,19,20)/b6-5-. The Balaban J connectivity index is 1.93. The van der Waals surface area contributed by atoms with Gasteiger partial charge in [0, 0.05) is 56.2 Å². The van der Waals surface area contributed by atoms with Crippen molar-refractivity contribution in [2.45, 2.75) is 0 Å². The lowest BCUT2D eigenvalue weighted by Gasteiger charge is -2.35. The summed E-state index contributed by atoms with van der Waals surface area (Å²) in [5, 5.41) is 19.1. The monoisotopic (exact) mass is 305 g/mol. The first kappa shape index (κ1) is 15.5. The second kappa shape index (κ2) is 6.70. The van der Waals surface area contributed by atoms with Gasteiger partial charge < -0.3 is 14.9 Å². The number of benzene rings is 1. The van der Waals surface area contributed by atoms with Gasteiger partial charge >= 0.3 is 5.97 Å². The van der Waals surface area contributed by atoms with Gasteiger partial charge in [0.1, 0.15) is 0 Å². The summed E-state index contributed by atoms with van der Waals surface area (Å²) >= 11 is 0. The predicted molar refractivity (Wildman–Crippen MR) is 78.7 cm³/mol. The number of aliphatic carboxylic acids is 1. The minimum atomic E-state index is -1.15. The van der Waals surface area contributed by atoms with Gasteiger partial charge in [0.25, 0.3) is 5.69 Å². The molecule has 1 aliphatic heterocycles. The van der Waals surface area contributed by atoms with E-state index in [1.807, 2.05) is 4.90 Å². The van der Waals surface area contributed by atoms with Crippen molar-refractivity contribution >= 4 is 23.3 Å². The van der Waals surface area contributed by atoms with Crippen LogP contribution >= 0.6 is 0 Å². The van der Waals surface area contributed by atoms with Gasteiger partial charge in [-0.3, -0.25) is 14.9 Å². The van der Waals surface area contributed by atoms with Gasteiger partial charge in [0.2, 0.25) is 5.91 Å². The summed E-state index contributed by atoms with van der Waals surface area (Å²) in [6, 6.07) is 6.25. The number of nitro groups is 1. The van der Waals surface area contributed by atoms with Crippen LogP contribution in [0, 0.1) is 10.1 Å². The Morgan fingerprint density at radius 1 is 1.09 bits per heavy atom. The minimum Gasteiger partial charge on any atom is -0.478 e. The molecule has 116 valence electrons. The van der Waals surface area contributed by atoms with Crippen molar-refractivity contribution < 1.29 is 19.6 Å². The van der Waals surface area contributed by atoms with Crippen LogP contribution in [0.15, 0.2) is 36.4 Å². The first-order valence-electron chi connectivity index (χ1n) is 6.66. The number of hydrogen-bond acceptors (Lipinski definition) is 5. The molecule has 1 heterocycles. The Morgan fingerprint density at radius 3 is 2.18 bits per heavy atom. The lowest BCUT2D eigenvalue weighted by Crippen LogP contribution is -2.48. The maximum absolute atomic E-state index is 11.7. The Labute approximate surface area is 126 Å². The van der Waals surface area contributed by atoms with Gasteiger partial charge in [0.05, 0.1) is 4.92 Å². The van der Waals surface area contributed by atoms with Crippen molar-refractivity contribution in [3.05, 3.63) is 46.5 Å². The number of carbonyl (C=O) groups excluding carboxylic acids is 1. The van der Waals surface area contributed by atoms with E-state index in [4.69, 9.17) is 5.11 Å². The van der Waals surface area contributed by atoms with E-state index in [9.17, 15) is 19.7 Å². The quantitative estimate of drug-likeness (QED) is 0.503. The molecule has 1 fully saturated rings. The topological polar surface area (TPSA) is 104 Å². The Kier molecular flexibility index (Phi) is 4.72. The smallest absolute Gasteiger partial charge is 0.328 e. The summed E-state index contributed by atoms with van der Waals surface area (Å²) in [6.45, 7) is 2.12. The van der Waals surface area contributed by atoms with Gasteiger partial charge in [-0.15, -0.1) is 0 Å². The average Bonchev–Trinajstić information content (AvgIpc) is 2.53. The van der Waals surface area contributed by atoms with Gasteiger partial charge in [0.15, 0.2) is 0 Å². The maximum Gasteiger partial charge on any atom is 0.328 e. The second-order valence-corrected chi connectivity index (χ2v) is 4.76. The zero-order chi connectivity index (χ0) is 16.1. The van der Waals surface area contributed by atoms with Crippen molar-refractivity contribution in [1.82, 2.24) is 4.90 Å². The van der Waals surface area contributed by atoms with E-state index in [-0.39, 0.29) is 11.6 Å². The summed E-state index contributed by atoms with van der Waals surface area (Å²) in [7, 11) is 0. The minimum absolute atomic E-state index is 0.0383. The van der Waals surface area contributed by atoms with Crippen LogP contribution in [0.4, 0.5) is 11.4 Å². The van der Waals surface area contributed by atoms with Gasteiger partial charge in [-0.05, 0) is 12.1 Å². The fraction of sp³-hybridized carbons (Fsp3) is 0.286. The zero-order valence-corrected chi connectivity index (χ0v) is 11.7. The molecule has 1 aromatic carbocycles. The molecule has 22 heavy (non-hydrogen) atoms. The molecule has 2 rings (SSSR count). The molecule has 0 bridgehead atoms. The van der Waals surface area contributed by atoms with Gasteiger partial charge in [-0.1, -0.05) is 0 Å². The van der Waals surface area contributed by atoms with Crippen molar-refractivity contribution in [1.29, 1.82) is 0 Å². The van der Waals surface area contributed by atoms with Crippen LogP contribution in [-0.4, -0.2) is 53.0 Å². The average molecular weight is 305 g/mol. The fourth-order valence-electron chi connectivity index (χ4n) is 2.22. The van der Waals surface area contributed by atoms with E-state index in [1.54, 1.807) is 17.0 Å². The third-order valence-corrected chi connectivity index (χ3v) is 3.39. The molecule has 0 aliphatic carbocycles. The van der Waals surface area contributed by atoms with Gasteiger partial charge in [-0.2, -0.15) is 0 Å². The predicted octanol–water partition coefficient (Wildman–Crippen LogP) is 0.884. The van der Waals surface area contributed by atoms with E-state index < -0.39 is 10.9 Å². The molecule has 8 heteroatoms. The number of nitro benzene ring substituents is 1. The molecule has 0 aromatic heterocycles. The zero-order valence-electron chi connectivity index (χ0n) is 11.7. The third-order valence-electron chi connectivity index (χ3n) is 3.39. The normalized spacial score (nSPS) is 15.1. The molecule has 1 amide bonds. The van der Waals surface area contributed by atoms with Crippen LogP contribution in [0.2, 0.25) is 0 Å². The number of non-ortho nitro benzene ring substituents is 1. The van der Waals surface area contributed by atoms with E-state index in [1.165, 1.54) is 12.1 Å². The molecular weight excluding hydrogens is 290 g/mol. The molecule has 0 atom stereocenters. The summed E-state index contributed by atoms with van der Waals surface area (Å²) in [4.78, 5) is 35.9. The maximum atomic E-state index is 11.7. The molecule has 0 spiro atoms. The number of amides is 1. The molecule has 1 aliphatic rings. The highest BCUT2D eigenvalue weighted by Gasteiger charge is 2.20. The van der Waals surface area contributed by atoms with Crippen LogP contribution < -0.4 is 4.90 Å². The first-order valence-corrected chi connectivity index (χ1v) is 6.66. The number of hydrogen-bond donors (Lipinski definition) is 1. The number of rotatable bonds is 4. The Morgan fingerprint density at radius 2 is 1.68 bits per heavy atom. The Hall–Kier alpha value is -2.90. The van der Waals surface area contributed by atoms with Crippen LogP contribution in [-0.2, 0) is 9.59 Å². The lowest BCUT2D eigenvalue weighted by molar-refractivity contribution is -0.384. The molecule has 1 aromatic rings. The first-order chi connectivity index (χ1) is 10.5. The summed E-state index contributed by atoms with van der Waals surface area (Å²) < 4.78 is 0. The highest BCUT2D eigenvalue weighted by atomic mass is 16.6. The van der Waals surface area contributed by atoms with Crippen molar-refractivity contribution in [3.63, 3.8) is 0 Å². The number of carboxylic acids is 1. The third kappa shape index (κ3) is 3.81. The van der Waals surface area contributed by atoms with Crippen LogP contribution in [0.1, 0.15) is 0 Å². The number of carboxylic acid groups (broad SMARTS) is 1. The molecule has 0 saturated carbocycles. The van der Waals surface area contributed by atoms with Crippen LogP contribution in [0.3, 0.4) is 0 Å². The molecule has 1 saturated heterocycles. The summed E-state index contributed by atoms with van der Waals surface area (Å²) in [6.07, 6.45) is 1.87. The number of carbonyl (C=O) groups is 2. The van der Waals surface area contributed by atoms with E-state index in [0.717, 1.165) is 17.8 Å². The van der Waals surface area contributed by atoms with Gasteiger partial charge in [-0.25, -0.2) is 4.79 Å². The molecule has 1 N–H and O–H groups in total. The number of anilines is 1. The molecule has 0 unspecified atom stereocenters. The molecular formula is C14H15N3O5. The summed E-state index contributed by atoms with van der Waals surface area (Å²) in [5.74, 6) is -1.48. The SMILES string of the molecule is O=C(O)/C=C\C(=O)N1CCN(c2ccc([N+](=O)[O-])cc2)CC1. The van der Waals surface area contributed by atoms with Crippen molar-refractivity contribution in [2.75, 3.05) is 31.1 Å². The lowest BCUT2D eigenvalue weighted by atomic mass is 10.2. The summed E-state index contributed by atoms with van der Waals surface area (Å²) in [5.41, 5.74) is 0.898. The number of piperazine rings is 1. The van der Waals surface area contributed by atoms with Crippen LogP contribution in [0.25, 0.3) is 0 Å². The van der Waals surface area contributed by atoms with E-state index >= 15 is 0 Å². The van der Waals surface area contributed by atoms with Crippen LogP contribution in [0.5, 0.6) is 0 Å². The van der Waals surface area contributed by atoms with E-state index in [2.05, 4.69) is 0 Å². The molecule has 8 nitrogen and oxygen atoms in total. The second-order valence-electron chi connectivity index (χ2n) is 4.76. The molecule has 0 radical (unpaired) electrons. The largest absolute Gasteiger partial charge is 0.478 e. The highest BCUT2D eigenvalue weighted by Crippen LogP contribution is 2.20.